The average Bonchev–Trinajstić information content (AvgIpc) is 3.20. The van der Waals surface area contributed by atoms with Gasteiger partial charge >= 0.3 is 0 Å². The van der Waals surface area contributed by atoms with Crippen LogP contribution in [0.15, 0.2) is 42.7 Å². The van der Waals surface area contributed by atoms with E-state index in [1.54, 1.807) is 30.0 Å². The molecule has 7 nitrogen and oxygen atoms in total. The summed E-state index contributed by atoms with van der Waals surface area (Å²) in [5.74, 6) is -0.181. The smallest absolute Gasteiger partial charge is 0.255 e. The zero-order valence-electron chi connectivity index (χ0n) is 16.3. The molecule has 1 atom stereocenters. The van der Waals surface area contributed by atoms with Gasteiger partial charge in [-0.3, -0.25) is 14.3 Å². The van der Waals surface area contributed by atoms with Crippen molar-refractivity contribution < 1.29 is 9.59 Å². The second-order valence-corrected chi connectivity index (χ2v) is 7.09. The maximum atomic E-state index is 13.4. The van der Waals surface area contributed by atoms with Gasteiger partial charge in [0.2, 0.25) is 5.91 Å². The molecule has 2 aromatic heterocycles. The van der Waals surface area contributed by atoms with Crippen LogP contribution in [-0.2, 0) is 11.3 Å². The summed E-state index contributed by atoms with van der Waals surface area (Å²) in [7, 11) is 1.77. The Kier molecular flexibility index (Phi) is 4.58. The Morgan fingerprint density at radius 2 is 2.04 bits per heavy atom. The highest BCUT2D eigenvalue weighted by molar-refractivity contribution is 6.08. The monoisotopic (exact) mass is 377 g/mol. The van der Waals surface area contributed by atoms with Gasteiger partial charge in [0.1, 0.15) is 6.04 Å². The van der Waals surface area contributed by atoms with Crippen molar-refractivity contribution in [2.75, 3.05) is 20.1 Å². The predicted molar refractivity (Wildman–Crippen MR) is 107 cm³/mol. The van der Waals surface area contributed by atoms with E-state index < -0.39 is 6.04 Å². The van der Waals surface area contributed by atoms with Crippen molar-refractivity contribution in [2.24, 2.45) is 0 Å². The number of rotatable bonds is 3. The van der Waals surface area contributed by atoms with Crippen molar-refractivity contribution in [2.45, 2.75) is 26.4 Å². The lowest BCUT2D eigenvalue weighted by molar-refractivity contribution is -0.137. The lowest BCUT2D eigenvalue weighted by Crippen LogP contribution is -2.56. The minimum Gasteiger partial charge on any atom is -0.342 e. The van der Waals surface area contributed by atoms with Gasteiger partial charge in [0.05, 0.1) is 23.0 Å². The fourth-order valence-electron chi connectivity index (χ4n) is 3.61. The number of para-hydroxylation sites is 1. The molecule has 7 heteroatoms. The van der Waals surface area contributed by atoms with Crippen LogP contribution in [0.2, 0.25) is 0 Å². The molecule has 1 aromatic carbocycles. The van der Waals surface area contributed by atoms with E-state index in [-0.39, 0.29) is 11.8 Å². The van der Waals surface area contributed by atoms with Crippen molar-refractivity contribution in [3.63, 3.8) is 0 Å². The number of amides is 2. The molecule has 3 heterocycles. The quantitative estimate of drug-likeness (QED) is 0.703. The minimum absolute atomic E-state index is 0.0394. The number of carbonyl (C=O) groups excluding carboxylic acids is 2. The average molecular weight is 377 g/mol. The van der Waals surface area contributed by atoms with Crippen LogP contribution >= 0.6 is 0 Å². The van der Waals surface area contributed by atoms with Gasteiger partial charge in [-0.15, -0.1) is 0 Å². The molecular weight excluding hydrogens is 354 g/mol. The number of nitrogens with zero attached hydrogens (tertiary/aromatic N) is 5. The summed E-state index contributed by atoms with van der Waals surface area (Å²) in [5, 5.41) is 5.11. The van der Waals surface area contributed by atoms with Crippen LogP contribution in [0.4, 0.5) is 0 Å². The van der Waals surface area contributed by atoms with E-state index >= 15 is 0 Å². The van der Waals surface area contributed by atoms with Crippen molar-refractivity contribution in [3.8, 4) is 11.3 Å². The Hall–Kier alpha value is -3.22. The van der Waals surface area contributed by atoms with E-state index in [4.69, 9.17) is 4.98 Å². The molecule has 3 aromatic rings. The Morgan fingerprint density at radius 1 is 1.25 bits per heavy atom. The topological polar surface area (TPSA) is 71.3 Å². The van der Waals surface area contributed by atoms with Gasteiger partial charge in [0.25, 0.3) is 5.91 Å². The third-order valence-electron chi connectivity index (χ3n) is 5.34. The molecule has 0 radical (unpaired) electrons. The van der Waals surface area contributed by atoms with Crippen molar-refractivity contribution in [3.05, 3.63) is 48.3 Å². The molecule has 144 valence electrons. The number of likely N-dealkylation sites (N-methyl/N-ethyl adjacent to an activating group) is 1. The Labute approximate surface area is 163 Å². The molecule has 1 saturated heterocycles. The lowest BCUT2D eigenvalue weighted by Gasteiger charge is -2.37. The predicted octanol–water partition coefficient (Wildman–Crippen LogP) is 2.42. The Balaban J connectivity index is 1.81. The molecule has 2 amide bonds. The molecule has 1 aliphatic rings. The lowest BCUT2D eigenvalue weighted by atomic mass is 10.0. The van der Waals surface area contributed by atoms with Crippen LogP contribution in [0.5, 0.6) is 0 Å². The molecule has 0 aliphatic carbocycles. The van der Waals surface area contributed by atoms with Gasteiger partial charge in [0.15, 0.2) is 0 Å². The first-order valence-electron chi connectivity index (χ1n) is 9.48. The minimum atomic E-state index is -0.482. The summed E-state index contributed by atoms with van der Waals surface area (Å²) >= 11 is 0. The first kappa shape index (κ1) is 18.2. The number of carbonyl (C=O) groups is 2. The van der Waals surface area contributed by atoms with Crippen molar-refractivity contribution in [1.82, 2.24) is 24.6 Å². The van der Waals surface area contributed by atoms with Gasteiger partial charge in [-0.05, 0) is 26.0 Å². The standard InChI is InChI=1S/C21H23N5O2/c1-4-25-13-15(12-22-25)19-11-17(16-7-5-6-8-18(16)23-19)21(28)26-10-9-24(3)20(27)14(26)2/h5-8,11-14H,4,9-10H2,1-3H3/t14-/m1/s1. The summed E-state index contributed by atoms with van der Waals surface area (Å²) < 4.78 is 1.83. The zero-order chi connectivity index (χ0) is 19.8. The van der Waals surface area contributed by atoms with Gasteiger partial charge in [-0.2, -0.15) is 5.10 Å². The third-order valence-corrected chi connectivity index (χ3v) is 5.34. The first-order valence-corrected chi connectivity index (χ1v) is 9.48. The van der Waals surface area contributed by atoms with E-state index in [0.717, 1.165) is 23.0 Å². The number of hydrogen-bond donors (Lipinski definition) is 0. The molecule has 4 rings (SSSR count). The molecule has 0 N–H and O–H groups in total. The van der Waals surface area contributed by atoms with Crippen LogP contribution in [0.1, 0.15) is 24.2 Å². The van der Waals surface area contributed by atoms with Gasteiger partial charge in [-0.1, -0.05) is 18.2 Å². The van der Waals surface area contributed by atoms with E-state index in [2.05, 4.69) is 5.10 Å². The number of aromatic nitrogens is 3. The van der Waals surface area contributed by atoms with Gasteiger partial charge in [0, 0.05) is 43.8 Å². The Morgan fingerprint density at radius 3 is 2.79 bits per heavy atom. The van der Waals surface area contributed by atoms with E-state index in [9.17, 15) is 9.59 Å². The summed E-state index contributed by atoms with van der Waals surface area (Å²) in [5.41, 5.74) is 2.88. The highest BCUT2D eigenvalue weighted by atomic mass is 16.2. The largest absolute Gasteiger partial charge is 0.342 e. The number of benzene rings is 1. The van der Waals surface area contributed by atoms with Crippen molar-refractivity contribution in [1.29, 1.82) is 0 Å². The van der Waals surface area contributed by atoms with Crippen LogP contribution in [0.25, 0.3) is 22.2 Å². The van der Waals surface area contributed by atoms with Crippen LogP contribution < -0.4 is 0 Å². The first-order chi connectivity index (χ1) is 13.5. The summed E-state index contributed by atoms with van der Waals surface area (Å²) in [6, 6.07) is 8.94. The molecule has 1 aliphatic heterocycles. The highest BCUT2D eigenvalue weighted by Gasteiger charge is 2.33. The summed E-state index contributed by atoms with van der Waals surface area (Å²) in [6.07, 6.45) is 3.68. The molecular formula is C21H23N5O2. The van der Waals surface area contributed by atoms with E-state index in [0.29, 0.717) is 24.3 Å². The maximum Gasteiger partial charge on any atom is 0.255 e. The zero-order valence-corrected chi connectivity index (χ0v) is 16.3. The number of hydrogen-bond acceptors (Lipinski definition) is 4. The fraction of sp³-hybridized carbons (Fsp3) is 0.333. The molecule has 0 spiro atoms. The number of pyridine rings is 1. The number of aryl methyl sites for hydroxylation is 1. The second-order valence-electron chi connectivity index (χ2n) is 7.09. The molecule has 0 bridgehead atoms. The maximum absolute atomic E-state index is 13.4. The summed E-state index contributed by atoms with van der Waals surface area (Å²) in [4.78, 5) is 33.9. The van der Waals surface area contributed by atoms with Crippen LogP contribution in [0, 0.1) is 0 Å². The van der Waals surface area contributed by atoms with Gasteiger partial charge < -0.3 is 9.80 Å². The normalized spacial score (nSPS) is 17.4. The fourth-order valence-corrected chi connectivity index (χ4v) is 3.61. The van der Waals surface area contributed by atoms with Gasteiger partial charge in [-0.25, -0.2) is 4.98 Å². The molecule has 0 unspecified atom stereocenters. The summed E-state index contributed by atoms with van der Waals surface area (Å²) in [6.45, 7) is 5.62. The second kappa shape index (κ2) is 7.07. The number of fused-ring (bicyclic) bond motifs is 1. The molecule has 0 saturated carbocycles. The van der Waals surface area contributed by atoms with Crippen molar-refractivity contribution >= 4 is 22.7 Å². The van der Waals surface area contributed by atoms with E-state index in [1.807, 2.05) is 48.1 Å². The van der Waals surface area contributed by atoms with E-state index in [1.165, 1.54) is 0 Å². The SMILES string of the molecule is CCn1cc(-c2cc(C(=O)N3CCN(C)C(=O)[C@H]3C)c3ccccc3n2)cn1. The van der Waals surface area contributed by atoms with Crippen LogP contribution in [-0.4, -0.2) is 62.6 Å². The van der Waals surface area contributed by atoms with Crippen LogP contribution in [0.3, 0.4) is 0 Å². The highest BCUT2D eigenvalue weighted by Crippen LogP contribution is 2.27. The number of piperazine rings is 1. The molecule has 1 fully saturated rings. The Bertz CT molecular complexity index is 1060. The third kappa shape index (κ3) is 3.02. The molecule has 28 heavy (non-hydrogen) atoms.